The zero-order valence-corrected chi connectivity index (χ0v) is 12.8. The number of aromatic nitrogens is 4. The van der Waals surface area contributed by atoms with E-state index in [2.05, 4.69) is 22.2 Å². The Hall–Kier alpha value is -1.69. The number of nitrogens with two attached hydrogens (primary N) is 1. The number of hydrogen-bond donors (Lipinski definition) is 1. The Morgan fingerprint density at radius 3 is 2.67 bits per heavy atom. The molecule has 6 heteroatoms. The van der Waals surface area contributed by atoms with E-state index < -0.39 is 5.54 Å². The lowest BCUT2D eigenvalue weighted by atomic mass is 9.91. The molecule has 3 rings (SSSR count). The highest BCUT2D eigenvalue weighted by molar-refractivity contribution is 5.55. The van der Waals surface area contributed by atoms with E-state index in [-0.39, 0.29) is 0 Å². The van der Waals surface area contributed by atoms with Crippen LogP contribution in [0.1, 0.15) is 57.0 Å². The van der Waals surface area contributed by atoms with Gasteiger partial charge < -0.3 is 10.3 Å². The molecule has 0 atom stereocenters. The van der Waals surface area contributed by atoms with E-state index in [4.69, 9.17) is 10.3 Å². The van der Waals surface area contributed by atoms with Crippen LogP contribution in [0.15, 0.2) is 10.7 Å². The zero-order chi connectivity index (χ0) is 14.9. The van der Waals surface area contributed by atoms with Gasteiger partial charge in [0.15, 0.2) is 5.82 Å². The molecular weight excluding hydrogens is 266 g/mol. The first kappa shape index (κ1) is 14.3. The van der Waals surface area contributed by atoms with Gasteiger partial charge in [0, 0.05) is 13.2 Å². The predicted octanol–water partition coefficient (Wildman–Crippen LogP) is 2.54. The van der Waals surface area contributed by atoms with Gasteiger partial charge in [-0.25, -0.2) is 0 Å². The Labute approximate surface area is 124 Å². The van der Waals surface area contributed by atoms with Crippen LogP contribution in [0.5, 0.6) is 0 Å². The molecular formula is C15H23N5O. The van der Waals surface area contributed by atoms with Crippen molar-refractivity contribution >= 4 is 0 Å². The van der Waals surface area contributed by atoms with Gasteiger partial charge in [0.1, 0.15) is 0 Å². The summed E-state index contributed by atoms with van der Waals surface area (Å²) in [5.74, 6) is 1.18. The maximum atomic E-state index is 6.54. The first-order valence-electron chi connectivity index (χ1n) is 7.78. The van der Waals surface area contributed by atoms with Gasteiger partial charge in [-0.15, -0.1) is 0 Å². The van der Waals surface area contributed by atoms with E-state index in [0.29, 0.717) is 11.7 Å². The first-order chi connectivity index (χ1) is 10.1. The zero-order valence-electron chi connectivity index (χ0n) is 12.8. The molecule has 114 valence electrons. The molecule has 0 bridgehead atoms. The molecule has 2 aromatic rings. The van der Waals surface area contributed by atoms with Crippen molar-refractivity contribution in [1.29, 1.82) is 0 Å². The Kier molecular flexibility index (Phi) is 3.80. The van der Waals surface area contributed by atoms with Crippen molar-refractivity contribution < 1.29 is 4.52 Å². The topological polar surface area (TPSA) is 82.8 Å². The Balaban J connectivity index is 1.92. The van der Waals surface area contributed by atoms with Crippen LogP contribution in [0.25, 0.3) is 11.5 Å². The molecule has 0 amide bonds. The fourth-order valence-electron chi connectivity index (χ4n) is 3.09. The van der Waals surface area contributed by atoms with Crippen LogP contribution in [0.4, 0.5) is 0 Å². The summed E-state index contributed by atoms with van der Waals surface area (Å²) in [5, 5.41) is 8.58. The lowest BCUT2D eigenvalue weighted by Gasteiger charge is -2.23. The second-order valence-electron chi connectivity index (χ2n) is 6.01. The quantitative estimate of drug-likeness (QED) is 0.878. The second kappa shape index (κ2) is 5.60. The molecule has 0 spiro atoms. The van der Waals surface area contributed by atoms with Gasteiger partial charge in [-0.2, -0.15) is 10.1 Å². The van der Waals surface area contributed by atoms with Crippen molar-refractivity contribution in [3.63, 3.8) is 0 Å². The van der Waals surface area contributed by atoms with Crippen LogP contribution in [0.2, 0.25) is 0 Å². The van der Waals surface area contributed by atoms with E-state index in [1.165, 1.54) is 12.8 Å². The monoisotopic (exact) mass is 289 g/mol. The van der Waals surface area contributed by atoms with Crippen LogP contribution in [0, 0.1) is 0 Å². The summed E-state index contributed by atoms with van der Waals surface area (Å²) in [6.45, 7) is 2.07. The summed E-state index contributed by atoms with van der Waals surface area (Å²) in [7, 11) is 1.90. The molecule has 2 aromatic heterocycles. The maximum absolute atomic E-state index is 6.54. The summed E-state index contributed by atoms with van der Waals surface area (Å²) < 4.78 is 7.25. The second-order valence-corrected chi connectivity index (χ2v) is 6.01. The third-order valence-corrected chi connectivity index (χ3v) is 4.34. The average molecular weight is 289 g/mol. The average Bonchev–Trinajstić information content (AvgIpc) is 3.03. The van der Waals surface area contributed by atoms with Crippen LogP contribution >= 0.6 is 0 Å². The van der Waals surface area contributed by atoms with Crippen molar-refractivity contribution in [1.82, 2.24) is 19.9 Å². The fraction of sp³-hybridized carbons (Fsp3) is 0.667. The van der Waals surface area contributed by atoms with E-state index in [1.807, 2.05) is 13.2 Å². The summed E-state index contributed by atoms with van der Waals surface area (Å²) in [4.78, 5) is 4.58. The molecule has 21 heavy (non-hydrogen) atoms. The normalized spacial score (nSPS) is 18.6. The summed E-state index contributed by atoms with van der Waals surface area (Å²) in [5.41, 5.74) is 7.99. The van der Waals surface area contributed by atoms with Crippen molar-refractivity contribution in [2.75, 3.05) is 0 Å². The van der Waals surface area contributed by atoms with Crippen molar-refractivity contribution in [3.05, 3.63) is 17.7 Å². The van der Waals surface area contributed by atoms with Gasteiger partial charge in [0.2, 0.25) is 0 Å². The Morgan fingerprint density at radius 2 is 2.00 bits per heavy atom. The van der Waals surface area contributed by atoms with Crippen molar-refractivity contribution in [3.8, 4) is 11.5 Å². The van der Waals surface area contributed by atoms with Crippen molar-refractivity contribution in [2.45, 2.75) is 57.4 Å². The molecule has 0 aromatic carbocycles. The minimum absolute atomic E-state index is 0.438. The molecule has 6 nitrogen and oxygen atoms in total. The molecule has 0 aliphatic heterocycles. The van der Waals surface area contributed by atoms with E-state index in [1.54, 1.807) is 4.68 Å². The molecule has 0 saturated heterocycles. The van der Waals surface area contributed by atoms with E-state index in [9.17, 15) is 0 Å². The summed E-state index contributed by atoms with van der Waals surface area (Å²) in [6, 6.07) is 0. The number of rotatable bonds is 3. The molecule has 1 fully saturated rings. The van der Waals surface area contributed by atoms with Gasteiger partial charge in [-0.05, 0) is 19.3 Å². The van der Waals surface area contributed by atoms with Crippen LogP contribution in [-0.2, 0) is 19.0 Å². The minimum atomic E-state index is -0.438. The highest BCUT2D eigenvalue weighted by Gasteiger charge is 2.33. The molecule has 0 unspecified atom stereocenters. The molecule has 2 heterocycles. The maximum Gasteiger partial charge on any atom is 0.261 e. The minimum Gasteiger partial charge on any atom is -0.334 e. The lowest BCUT2D eigenvalue weighted by Crippen LogP contribution is -2.37. The third kappa shape index (κ3) is 2.72. The first-order valence-corrected chi connectivity index (χ1v) is 7.78. The van der Waals surface area contributed by atoms with Gasteiger partial charge in [0.25, 0.3) is 5.89 Å². The summed E-state index contributed by atoms with van der Waals surface area (Å²) in [6.07, 6.45) is 9.37. The number of hydrogen-bond acceptors (Lipinski definition) is 5. The number of nitrogens with zero attached hydrogens (tertiary/aromatic N) is 4. The third-order valence-electron chi connectivity index (χ3n) is 4.34. The predicted molar refractivity (Wildman–Crippen MR) is 79.4 cm³/mol. The Bertz CT molecular complexity index is 607. The molecule has 1 aliphatic rings. The molecule has 2 N–H and O–H groups in total. The highest BCUT2D eigenvalue weighted by Crippen LogP contribution is 2.33. The van der Waals surface area contributed by atoms with Crippen LogP contribution < -0.4 is 5.73 Å². The lowest BCUT2D eigenvalue weighted by molar-refractivity contribution is 0.334. The molecule has 1 aliphatic carbocycles. The van der Waals surface area contributed by atoms with Gasteiger partial charge in [0.05, 0.1) is 16.8 Å². The molecule has 1 saturated carbocycles. The van der Waals surface area contributed by atoms with Gasteiger partial charge >= 0.3 is 0 Å². The van der Waals surface area contributed by atoms with Crippen molar-refractivity contribution in [2.24, 2.45) is 12.8 Å². The van der Waals surface area contributed by atoms with Crippen LogP contribution in [0.3, 0.4) is 0 Å². The molecule has 0 radical (unpaired) electrons. The van der Waals surface area contributed by atoms with Gasteiger partial charge in [-0.1, -0.05) is 37.8 Å². The van der Waals surface area contributed by atoms with Crippen LogP contribution in [-0.4, -0.2) is 19.9 Å². The van der Waals surface area contributed by atoms with E-state index >= 15 is 0 Å². The number of aryl methyl sites for hydroxylation is 2. The largest absolute Gasteiger partial charge is 0.334 e. The smallest absolute Gasteiger partial charge is 0.261 e. The van der Waals surface area contributed by atoms with Gasteiger partial charge in [-0.3, -0.25) is 4.68 Å². The fourth-order valence-corrected chi connectivity index (χ4v) is 3.09. The SMILES string of the molecule is CCc1nn(C)cc1-c1nc(C2(N)CCCCCC2)no1. The Morgan fingerprint density at radius 1 is 1.29 bits per heavy atom. The highest BCUT2D eigenvalue weighted by atomic mass is 16.5. The standard InChI is InChI=1S/C15H23N5O/c1-3-12-11(10-20(2)18-12)13-17-14(19-21-13)15(16)8-6-4-5-7-9-15/h10H,3-9,16H2,1-2H3. The van der Waals surface area contributed by atoms with E-state index in [0.717, 1.165) is 43.4 Å². The summed E-state index contributed by atoms with van der Waals surface area (Å²) >= 11 is 0.